The highest BCUT2D eigenvalue weighted by molar-refractivity contribution is 9.11. The van der Waals surface area contributed by atoms with Gasteiger partial charge in [0.1, 0.15) is 5.75 Å². The second-order valence-electron chi connectivity index (χ2n) is 4.27. The maximum absolute atomic E-state index is 5.58. The molecule has 108 valence electrons. The molecule has 0 aliphatic rings. The zero-order chi connectivity index (χ0) is 14.5. The van der Waals surface area contributed by atoms with Crippen molar-refractivity contribution in [3.63, 3.8) is 0 Å². The number of nitrogens with zero attached hydrogens (tertiary/aromatic N) is 1. The van der Waals surface area contributed by atoms with E-state index < -0.39 is 0 Å². The minimum Gasteiger partial charge on any atom is -0.492 e. The van der Waals surface area contributed by atoms with Crippen LogP contribution in [-0.4, -0.2) is 11.6 Å². The number of rotatable bonds is 6. The van der Waals surface area contributed by atoms with Crippen LogP contribution in [0.25, 0.3) is 0 Å². The smallest absolute Gasteiger partial charge is 0.147 e. The molecule has 1 N–H and O–H groups in total. The van der Waals surface area contributed by atoms with Crippen LogP contribution in [0.1, 0.15) is 22.4 Å². The Morgan fingerprint density at radius 2 is 1.95 bits per heavy atom. The quantitative estimate of drug-likeness (QED) is 0.738. The van der Waals surface area contributed by atoms with Crippen LogP contribution < -0.4 is 10.1 Å². The standard InChI is InChI=1S/C14H16Br2N2OS/c1-3-19-14-12(15)4-10(5-13(14)16)6-17-7-11-8-18-9(2)20-11/h4-5,8,17H,3,6-7H2,1-2H3. The summed E-state index contributed by atoms with van der Waals surface area (Å²) in [6, 6.07) is 4.17. The van der Waals surface area contributed by atoms with Crippen LogP contribution in [0.3, 0.4) is 0 Å². The van der Waals surface area contributed by atoms with Gasteiger partial charge in [-0.15, -0.1) is 11.3 Å². The minimum absolute atomic E-state index is 0.652. The average Bonchev–Trinajstić information content (AvgIpc) is 2.80. The van der Waals surface area contributed by atoms with Crippen LogP contribution in [0.5, 0.6) is 5.75 Å². The highest BCUT2D eigenvalue weighted by atomic mass is 79.9. The fraction of sp³-hybridized carbons (Fsp3) is 0.357. The Balaban J connectivity index is 1.96. The van der Waals surface area contributed by atoms with Gasteiger partial charge in [-0.05, 0) is 63.4 Å². The third-order valence-electron chi connectivity index (χ3n) is 2.64. The van der Waals surface area contributed by atoms with Crippen LogP contribution in [-0.2, 0) is 13.1 Å². The van der Waals surface area contributed by atoms with Crippen molar-refractivity contribution in [2.24, 2.45) is 0 Å². The first-order chi connectivity index (χ1) is 9.60. The van der Waals surface area contributed by atoms with Crippen molar-refractivity contribution >= 4 is 43.2 Å². The van der Waals surface area contributed by atoms with Crippen LogP contribution in [0, 0.1) is 6.92 Å². The van der Waals surface area contributed by atoms with Crippen LogP contribution in [0.4, 0.5) is 0 Å². The van der Waals surface area contributed by atoms with E-state index in [9.17, 15) is 0 Å². The molecule has 0 aliphatic heterocycles. The van der Waals surface area contributed by atoms with Gasteiger partial charge in [-0.1, -0.05) is 0 Å². The first kappa shape index (κ1) is 15.9. The molecule has 1 heterocycles. The van der Waals surface area contributed by atoms with E-state index in [2.05, 4.69) is 54.3 Å². The highest BCUT2D eigenvalue weighted by Crippen LogP contribution is 2.34. The Labute approximate surface area is 140 Å². The number of benzene rings is 1. The van der Waals surface area contributed by atoms with E-state index in [4.69, 9.17) is 4.74 Å². The van der Waals surface area contributed by atoms with Crippen LogP contribution in [0.2, 0.25) is 0 Å². The summed E-state index contributed by atoms with van der Waals surface area (Å²) < 4.78 is 7.52. The summed E-state index contributed by atoms with van der Waals surface area (Å²) in [5.74, 6) is 0.856. The molecule has 1 aromatic heterocycles. The van der Waals surface area contributed by atoms with E-state index >= 15 is 0 Å². The second-order valence-corrected chi connectivity index (χ2v) is 7.30. The summed E-state index contributed by atoms with van der Waals surface area (Å²) in [7, 11) is 0. The van der Waals surface area contributed by atoms with E-state index in [1.165, 1.54) is 10.4 Å². The fourth-order valence-electron chi connectivity index (χ4n) is 1.81. The molecule has 2 aromatic rings. The minimum atomic E-state index is 0.652. The molecule has 0 bridgehead atoms. The molecule has 2 rings (SSSR count). The summed E-state index contributed by atoms with van der Waals surface area (Å²) >= 11 is 8.82. The number of ether oxygens (including phenoxy) is 1. The molecule has 1 aromatic carbocycles. The Morgan fingerprint density at radius 1 is 1.25 bits per heavy atom. The predicted octanol–water partition coefficient (Wildman–Crippen LogP) is 4.67. The van der Waals surface area contributed by atoms with Gasteiger partial charge in [0.2, 0.25) is 0 Å². The maximum Gasteiger partial charge on any atom is 0.147 e. The topological polar surface area (TPSA) is 34.1 Å². The van der Waals surface area contributed by atoms with Crippen molar-refractivity contribution in [2.45, 2.75) is 26.9 Å². The summed E-state index contributed by atoms with van der Waals surface area (Å²) in [6.07, 6.45) is 1.93. The summed E-state index contributed by atoms with van der Waals surface area (Å²) in [6.45, 7) is 6.30. The van der Waals surface area contributed by atoms with Crippen molar-refractivity contribution in [2.75, 3.05) is 6.61 Å². The van der Waals surface area contributed by atoms with Crippen molar-refractivity contribution in [1.82, 2.24) is 10.3 Å². The van der Waals surface area contributed by atoms with Crippen molar-refractivity contribution < 1.29 is 4.74 Å². The zero-order valence-corrected chi connectivity index (χ0v) is 15.4. The van der Waals surface area contributed by atoms with Gasteiger partial charge in [0.05, 0.1) is 20.6 Å². The number of nitrogens with one attached hydrogen (secondary N) is 1. The lowest BCUT2D eigenvalue weighted by Gasteiger charge is -2.11. The molecular weight excluding hydrogens is 404 g/mol. The molecule has 0 atom stereocenters. The first-order valence-electron chi connectivity index (χ1n) is 6.33. The number of aryl methyl sites for hydroxylation is 1. The van der Waals surface area contributed by atoms with Gasteiger partial charge in [-0.2, -0.15) is 0 Å². The number of hydrogen-bond donors (Lipinski definition) is 1. The Kier molecular flexibility index (Phi) is 6.01. The van der Waals surface area contributed by atoms with Crippen molar-refractivity contribution in [3.8, 4) is 5.75 Å². The third-order valence-corrected chi connectivity index (χ3v) is 4.74. The number of aromatic nitrogens is 1. The molecular formula is C14H16Br2N2OS. The molecule has 0 saturated carbocycles. The van der Waals surface area contributed by atoms with Crippen LogP contribution in [0.15, 0.2) is 27.3 Å². The largest absolute Gasteiger partial charge is 0.492 e. The van der Waals surface area contributed by atoms with E-state index in [0.717, 1.165) is 32.8 Å². The summed E-state index contributed by atoms with van der Waals surface area (Å²) in [5, 5.41) is 4.53. The Hall–Kier alpha value is -0.430. The van der Waals surface area contributed by atoms with Gasteiger partial charge in [-0.25, -0.2) is 4.98 Å². The molecule has 3 nitrogen and oxygen atoms in total. The number of hydrogen-bond acceptors (Lipinski definition) is 4. The molecule has 0 saturated heterocycles. The molecule has 0 amide bonds. The number of halogens is 2. The van der Waals surface area contributed by atoms with Gasteiger partial charge in [0.25, 0.3) is 0 Å². The lowest BCUT2D eigenvalue weighted by atomic mass is 10.2. The van der Waals surface area contributed by atoms with Gasteiger partial charge < -0.3 is 10.1 Å². The van der Waals surface area contributed by atoms with Crippen molar-refractivity contribution in [1.29, 1.82) is 0 Å². The lowest BCUT2D eigenvalue weighted by Crippen LogP contribution is -2.12. The van der Waals surface area contributed by atoms with Crippen molar-refractivity contribution in [3.05, 3.63) is 42.7 Å². The van der Waals surface area contributed by atoms with Crippen LogP contribution >= 0.6 is 43.2 Å². The molecule has 0 aliphatic carbocycles. The normalized spacial score (nSPS) is 10.8. The van der Waals surface area contributed by atoms with Gasteiger partial charge >= 0.3 is 0 Å². The van der Waals surface area contributed by atoms with E-state index in [0.29, 0.717) is 6.61 Å². The summed E-state index contributed by atoms with van der Waals surface area (Å²) in [5.41, 5.74) is 1.20. The lowest BCUT2D eigenvalue weighted by molar-refractivity contribution is 0.336. The molecule has 0 radical (unpaired) electrons. The monoisotopic (exact) mass is 418 g/mol. The highest BCUT2D eigenvalue weighted by Gasteiger charge is 2.08. The second kappa shape index (κ2) is 7.54. The van der Waals surface area contributed by atoms with E-state index in [-0.39, 0.29) is 0 Å². The molecule has 6 heteroatoms. The maximum atomic E-state index is 5.58. The van der Waals surface area contributed by atoms with E-state index in [1.54, 1.807) is 11.3 Å². The van der Waals surface area contributed by atoms with Gasteiger partial charge in [0, 0.05) is 24.2 Å². The predicted molar refractivity (Wildman–Crippen MR) is 90.4 cm³/mol. The average molecular weight is 420 g/mol. The zero-order valence-electron chi connectivity index (χ0n) is 11.4. The van der Waals surface area contributed by atoms with Gasteiger partial charge in [-0.3, -0.25) is 0 Å². The third kappa shape index (κ3) is 4.28. The molecule has 20 heavy (non-hydrogen) atoms. The van der Waals surface area contributed by atoms with Gasteiger partial charge in [0.15, 0.2) is 0 Å². The molecule has 0 spiro atoms. The fourth-order valence-corrected chi connectivity index (χ4v) is 4.09. The molecule has 0 fully saturated rings. The number of thiazole rings is 1. The summed E-state index contributed by atoms with van der Waals surface area (Å²) in [4.78, 5) is 5.51. The molecule has 0 unspecified atom stereocenters. The SMILES string of the molecule is CCOc1c(Br)cc(CNCc2cnc(C)s2)cc1Br. The Bertz CT molecular complexity index is 563. The Morgan fingerprint density at radius 3 is 2.50 bits per heavy atom. The van der Waals surface area contributed by atoms with E-state index in [1.807, 2.05) is 20.0 Å². The first-order valence-corrected chi connectivity index (χ1v) is 8.73.